The van der Waals surface area contributed by atoms with Crippen LogP contribution in [-0.4, -0.2) is 23.6 Å². The molecule has 0 radical (unpaired) electrons. The first-order chi connectivity index (χ1) is 7.33. The monoisotopic (exact) mass is 209 g/mol. The summed E-state index contributed by atoms with van der Waals surface area (Å²) in [5.74, 6) is 1.59. The molecule has 4 nitrogen and oxygen atoms in total. The first kappa shape index (κ1) is 11.8. The van der Waals surface area contributed by atoms with Gasteiger partial charge in [0.05, 0.1) is 12.2 Å². The SMILES string of the molecule is CCCOc1ncnc(NC)c1CCC. The third-order valence-electron chi connectivity index (χ3n) is 2.09. The number of ether oxygens (including phenoxy) is 1. The molecule has 0 aliphatic rings. The predicted molar refractivity (Wildman–Crippen MR) is 61.4 cm³/mol. The van der Waals surface area contributed by atoms with Crippen LogP contribution >= 0.6 is 0 Å². The van der Waals surface area contributed by atoms with Gasteiger partial charge < -0.3 is 10.1 Å². The molecule has 0 aliphatic heterocycles. The molecule has 1 aromatic heterocycles. The van der Waals surface area contributed by atoms with Gasteiger partial charge in [0.2, 0.25) is 5.88 Å². The van der Waals surface area contributed by atoms with Crippen LogP contribution in [0.4, 0.5) is 5.82 Å². The Morgan fingerprint density at radius 1 is 1.27 bits per heavy atom. The summed E-state index contributed by atoms with van der Waals surface area (Å²) < 4.78 is 5.59. The van der Waals surface area contributed by atoms with Crippen LogP contribution < -0.4 is 10.1 Å². The van der Waals surface area contributed by atoms with E-state index >= 15 is 0 Å². The van der Waals surface area contributed by atoms with E-state index in [1.54, 1.807) is 0 Å². The lowest BCUT2D eigenvalue weighted by atomic mass is 10.2. The molecular formula is C11H19N3O. The lowest BCUT2D eigenvalue weighted by molar-refractivity contribution is 0.301. The zero-order chi connectivity index (χ0) is 11.1. The first-order valence-electron chi connectivity index (χ1n) is 5.47. The van der Waals surface area contributed by atoms with Crippen LogP contribution in [0, 0.1) is 0 Å². The Kier molecular flexibility index (Phi) is 4.87. The fraction of sp³-hybridized carbons (Fsp3) is 0.636. The normalized spacial score (nSPS) is 10.1. The van der Waals surface area contributed by atoms with Gasteiger partial charge in [-0.2, -0.15) is 0 Å². The Morgan fingerprint density at radius 2 is 2.07 bits per heavy atom. The predicted octanol–water partition coefficient (Wildman–Crippen LogP) is 2.26. The Hall–Kier alpha value is -1.32. The summed E-state index contributed by atoms with van der Waals surface area (Å²) in [6.45, 7) is 4.92. The summed E-state index contributed by atoms with van der Waals surface area (Å²) in [7, 11) is 1.87. The van der Waals surface area contributed by atoms with E-state index in [-0.39, 0.29) is 0 Å². The molecule has 0 spiro atoms. The maximum absolute atomic E-state index is 5.59. The topological polar surface area (TPSA) is 47.0 Å². The van der Waals surface area contributed by atoms with Gasteiger partial charge in [0, 0.05) is 7.05 Å². The molecule has 1 N–H and O–H groups in total. The maximum Gasteiger partial charge on any atom is 0.221 e. The highest BCUT2D eigenvalue weighted by molar-refractivity contribution is 5.48. The van der Waals surface area contributed by atoms with Crippen molar-refractivity contribution in [2.45, 2.75) is 33.1 Å². The fourth-order valence-electron chi connectivity index (χ4n) is 1.41. The van der Waals surface area contributed by atoms with E-state index in [9.17, 15) is 0 Å². The van der Waals surface area contributed by atoms with Crippen molar-refractivity contribution >= 4 is 5.82 Å². The van der Waals surface area contributed by atoms with Crippen molar-refractivity contribution in [3.8, 4) is 5.88 Å². The molecule has 1 heterocycles. The fourth-order valence-corrected chi connectivity index (χ4v) is 1.41. The highest BCUT2D eigenvalue weighted by Gasteiger charge is 2.10. The number of rotatable bonds is 6. The van der Waals surface area contributed by atoms with Gasteiger partial charge in [0.25, 0.3) is 0 Å². The second-order valence-electron chi connectivity index (χ2n) is 3.35. The number of nitrogens with zero attached hydrogens (tertiary/aromatic N) is 2. The second kappa shape index (κ2) is 6.22. The Labute approximate surface area is 91.1 Å². The summed E-state index contributed by atoms with van der Waals surface area (Å²) in [5, 5.41) is 3.07. The molecule has 1 aromatic rings. The Balaban J connectivity index is 2.90. The second-order valence-corrected chi connectivity index (χ2v) is 3.35. The molecule has 0 unspecified atom stereocenters. The van der Waals surface area contributed by atoms with Gasteiger partial charge in [0.1, 0.15) is 12.1 Å². The summed E-state index contributed by atoms with van der Waals surface area (Å²) >= 11 is 0. The molecule has 84 valence electrons. The Bertz CT molecular complexity index is 302. The molecule has 0 aromatic carbocycles. The molecule has 0 bridgehead atoms. The zero-order valence-corrected chi connectivity index (χ0v) is 9.71. The van der Waals surface area contributed by atoms with E-state index in [1.807, 2.05) is 7.05 Å². The van der Waals surface area contributed by atoms with Crippen LogP contribution in [0.3, 0.4) is 0 Å². The maximum atomic E-state index is 5.59. The number of hydrogen-bond acceptors (Lipinski definition) is 4. The molecule has 0 atom stereocenters. The van der Waals surface area contributed by atoms with Gasteiger partial charge in [-0.3, -0.25) is 0 Å². The highest BCUT2D eigenvalue weighted by Crippen LogP contribution is 2.23. The van der Waals surface area contributed by atoms with Crippen molar-refractivity contribution in [3.05, 3.63) is 11.9 Å². The lowest BCUT2D eigenvalue weighted by Gasteiger charge is -2.12. The van der Waals surface area contributed by atoms with Crippen LogP contribution in [-0.2, 0) is 6.42 Å². The average molecular weight is 209 g/mol. The number of nitrogens with one attached hydrogen (secondary N) is 1. The van der Waals surface area contributed by atoms with Gasteiger partial charge in [-0.25, -0.2) is 9.97 Å². The molecule has 15 heavy (non-hydrogen) atoms. The summed E-state index contributed by atoms with van der Waals surface area (Å²) in [4.78, 5) is 8.35. The highest BCUT2D eigenvalue weighted by atomic mass is 16.5. The number of anilines is 1. The molecular weight excluding hydrogens is 190 g/mol. The summed E-state index contributed by atoms with van der Waals surface area (Å²) in [6, 6.07) is 0. The van der Waals surface area contributed by atoms with Crippen molar-refractivity contribution in [2.75, 3.05) is 19.0 Å². The number of aromatic nitrogens is 2. The van der Waals surface area contributed by atoms with Crippen LogP contribution in [0.1, 0.15) is 32.3 Å². The third-order valence-corrected chi connectivity index (χ3v) is 2.09. The smallest absolute Gasteiger partial charge is 0.221 e. The van der Waals surface area contributed by atoms with Crippen LogP contribution in [0.5, 0.6) is 5.88 Å². The van der Waals surface area contributed by atoms with E-state index in [1.165, 1.54) is 6.33 Å². The molecule has 0 aliphatic carbocycles. The van der Waals surface area contributed by atoms with E-state index in [0.717, 1.165) is 36.5 Å². The van der Waals surface area contributed by atoms with Crippen molar-refractivity contribution in [2.24, 2.45) is 0 Å². The van der Waals surface area contributed by atoms with Crippen LogP contribution in [0.25, 0.3) is 0 Å². The quantitative estimate of drug-likeness (QED) is 0.780. The molecule has 4 heteroatoms. The van der Waals surface area contributed by atoms with Crippen molar-refractivity contribution < 1.29 is 4.74 Å². The molecule has 0 saturated carbocycles. The number of hydrogen-bond donors (Lipinski definition) is 1. The van der Waals surface area contributed by atoms with E-state index < -0.39 is 0 Å². The van der Waals surface area contributed by atoms with Gasteiger partial charge in [-0.05, 0) is 12.8 Å². The lowest BCUT2D eigenvalue weighted by Crippen LogP contribution is -2.06. The van der Waals surface area contributed by atoms with Gasteiger partial charge >= 0.3 is 0 Å². The van der Waals surface area contributed by atoms with Gasteiger partial charge in [-0.15, -0.1) is 0 Å². The van der Waals surface area contributed by atoms with Gasteiger partial charge in [0.15, 0.2) is 0 Å². The average Bonchev–Trinajstić information content (AvgIpc) is 2.28. The van der Waals surface area contributed by atoms with Crippen molar-refractivity contribution in [1.29, 1.82) is 0 Å². The minimum atomic E-state index is 0.705. The largest absolute Gasteiger partial charge is 0.477 e. The van der Waals surface area contributed by atoms with Crippen LogP contribution in [0.15, 0.2) is 6.33 Å². The molecule has 0 saturated heterocycles. The Morgan fingerprint density at radius 3 is 2.67 bits per heavy atom. The summed E-state index contributed by atoms with van der Waals surface area (Å²) in [5.41, 5.74) is 1.08. The third kappa shape index (κ3) is 3.08. The minimum absolute atomic E-state index is 0.705. The summed E-state index contributed by atoms with van der Waals surface area (Å²) in [6.07, 6.45) is 4.53. The molecule has 1 rings (SSSR count). The molecule has 0 fully saturated rings. The van der Waals surface area contributed by atoms with E-state index in [0.29, 0.717) is 6.61 Å². The van der Waals surface area contributed by atoms with Crippen molar-refractivity contribution in [3.63, 3.8) is 0 Å². The van der Waals surface area contributed by atoms with Gasteiger partial charge in [-0.1, -0.05) is 20.3 Å². The standard InChI is InChI=1S/C11H19N3O/c1-4-6-9-10(12-3)13-8-14-11(9)15-7-5-2/h8H,4-7H2,1-3H3,(H,12,13,14). The van der Waals surface area contributed by atoms with E-state index in [2.05, 4.69) is 29.1 Å². The minimum Gasteiger partial charge on any atom is -0.477 e. The van der Waals surface area contributed by atoms with Crippen LogP contribution in [0.2, 0.25) is 0 Å². The first-order valence-corrected chi connectivity index (χ1v) is 5.47. The molecule has 0 amide bonds. The zero-order valence-electron chi connectivity index (χ0n) is 9.71. The van der Waals surface area contributed by atoms with E-state index in [4.69, 9.17) is 4.74 Å². The van der Waals surface area contributed by atoms with Crippen molar-refractivity contribution in [1.82, 2.24) is 9.97 Å².